The van der Waals surface area contributed by atoms with Crippen LogP contribution in [0.5, 0.6) is 0 Å². The number of likely N-dealkylation sites (N-methyl/N-ethyl adjacent to an activating group) is 1. The fraction of sp³-hybridized carbons (Fsp3) is 0.450. The van der Waals surface area contributed by atoms with Crippen molar-refractivity contribution in [2.24, 2.45) is 0 Å². The van der Waals surface area contributed by atoms with E-state index in [2.05, 4.69) is 29.1 Å². The van der Waals surface area contributed by atoms with Crippen molar-refractivity contribution in [2.45, 2.75) is 25.6 Å². The summed E-state index contributed by atoms with van der Waals surface area (Å²) in [6.07, 6.45) is 3.84. The lowest BCUT2D eigenvalue weighted by molar-refractivity contribution is -0.165. The molecule has 4 rings (SSSR count). The van der Waals surface area contributed by atoms with E-state index in [0.717, 1.165) is 11.3 Å². The predicted molar refractivity (Wildman–Crippen MR) is 103 cm³/mol. The Labute approximate surface area is 163 Å². The van der Waals surface area contributed by atoms with Crippen LogP contribution in [0.4, 0.5) is 0 Å². The number of aromatic nitrogens is 2. The molecular formula is C20H25N5O3. The summed E-state index contributed by atoms with van der Waals surface area (Å²) >= 11 is 0. The van der Waals surface area contributed by atoms with E-state index in [-0.39, 0.29) is 18.4 Å². The fourth-order valence-corrected chi connectivity index (χ4v) is 3.94. The highest BCUT2D eigenvalue weighted by Gasteiger charge is 2.46. The van der Waals surface area contributed by atoms with Gasteiger partial charge in [-0.15, -0.1) is 0 Å². The number of rotatable bonds is 4. The first-order valence-electron chi connectivity index (χ1n) is 9.49. The number of nitrogens with zero attached hydrogens (tertiary/aromatic N) is 5. The monoisotopic (exact) mass is 383 g/mol. The van der Waals surface area contributed by atoms with Gasteiger partial charge in [-0.2, -0.15) is 5.10 Å². The van der Waals surface area contributed by atoms with Crippen molar-refractivity contribution < 1.29 is 14.7 Å². The number of benzene rings is 1. The second-order valence-electron chi connectivity index (χ2n) is 7.56. The summed E-state index contributed by atoms with van der Waals surface area (Å²) in [7, 11) is 1.59. The minimum absolute atomic E-state index is 0.112. The molecule has 2 aliphatic heterocycles. The van der Waals surface area contributed by atoms with Gasteiger partial charge in [0.05, 0.1) is 18.5 Å². The number of aryl methyl sites for hydroxylation is 1. The van der Waals surface area contributed by atoms with Crippen LogP contribution in [0.2, 0.25) is 0 Å². The normalized spacial score (nSPS) is 23.2. The quantitative estimate of drug-likeness (QED) is 0.805. The number of fused-ring (bicyclic) bond motifs is 1. The Hall–Kier alpha value is -2.71. The van der Waals surface area contributed by atoms with Crippen LogP contribution in [0.3, 0.4) is 0 Å². The SMILES string of the molecule is Cc1ccc(-n2cc(CN3CCN4C(=O)[C@H](CO)N(C)C(=O)[C@H]4C3)cn2)cc1. The van der Waals surface area contributed by atoms with E-state index in [1.165, 1.54) is 10.5 Å². The van der Waals surface area contributed by atoms with Crippen molar-refractivity contribution in [3.63, 3.8) is 0 Å². The smallest absolute Gasteiger partial charge is 0.248 e. The molecule has 28 heavy (non-hydrogen) atoms. The Morgan fingerprint density at radius 3 is 2.61 bits per heavy atom. The highest BCUT2D eigenvalue weighted by molar-refractivity contribution is 5.97. The maximum absolute atomic E-state index is 12.7. The summed E-state index contributed by atoms with van der Waals surface area (Å²) in [6.45, 7) is 4.05. The zero-order valence-electron chi connectivity index (χ0n) is 16.2. The molecule has 3 heterocycles. The van der Waals surface area contributed by atoms with E-state index in [0.29, 0.717) is 26.2 Å². The van der Waals surface area contributed by atoms with Gasteiger partial charge >= 0.3 is 0 Å². The molecule has 8 heteroatoms. The highest BCUT2D eigenvalue weighted by Crippen LogP contribution is 2.22. The fourth-order valence-electron chi connectivity index (χ4n) is 3.94. The predicted octanol–water partition coefficient (Wildman–Crippen LogP) is 0.0264. The number of hydrogen-bond acceptors (Lipinski definition) is 5. The molecule has 2 aliphatic rings. The molecule has 1 aromatic heterocycles. The number of piperazine rings is 2. The molecular weight excluding hydrogens is 358 g/mol. The number of aliphatic hydroxyl groups excluding tert-OH is 1. The Kier molecular flexibility index (Phi) is 4.91. The second kappa shape index (κ2) is 7.37. The molecule has 1 aromatic carbocycles. The molecule has 1 N–H and O–H groups in total. The van der Waals surface area contributed by atoms with Crippen LogP contribution < -0.4 is 0 Å². The molecule has 148 valence electrons. The second-order valence-corrected chi connectivity index (χ2v) is 7.56. The van der Waals surface area contributed by atoms with Gasteiger partial charge in [0.1, 0.15) is 12.1 Å². The van der Waals surface area contributed by atoms with E-state index in [4.69, 9.17) is 0 Å². The van der Waals surface area contributed by atoms with Gasteiger partial charge in [-0.25, -0.2) is 4.68 Å². The number of hydrogen-bond donors (Lipinski definition) is 1. The number of carbonyl (C=O) groups excluding carboxylic acids is 2. The molecule has 2 atom stereocenters. The highest BCUT2D eigenvalue weighted by atomic mass is 16.3. The van der Waals surface area contributed by atoms with Crippen molar-refractivity contribution in [1.29, 1.82) is 0 Å². The summed E-state index contributed by atoms with van der Waals surface area (Å²) < 4.78 is 1.85. The summed E-state index contributed by atoms with van der Waals surface area (Å²) in [4.78, 5) is 30.4. The third-order valence-electron chi connectivity index (χ3n) is 5.65. The lowest BCUT2D eigenvalue weighted by atomic mass is 10.0. The van der Waals surface area contributed by atoms with Gasteiger partial charge in [0.15, 0.2) is 0 Å². The molecule has 0 bridgehead atoms. The van der Waals surface area contributed by atoms with E-state index in [1.807, 2.05) is 29.2 Å². The Morgan fingerprint density at radius 2 is 1.89 bits per heavy atom. The molecule has 0 aliphatic carbocycles. The van der Waals surface area contributed by atoms with Gasteiger partial charge < -0.3 is 14.9 Å². The van der Waals surface area contributed by atoms with Crippen LogP contribution in [0.25, 0.3) is 5.69 Å². The van der Waals surface area contributed by atoms with Gasteiger partial charge in [-0.3, -0.25) is 14.5 Å². The van der Waals surface area contributed by atoms with Gasteiger partial charge in [0.25, 0.3) is 0 Å². The molecule has 0 radical (unpaired) electrons. The average Bonchev–Trinajstić information content (AvgIpc) is 3.15. The largest absolute Gasteiger partial charge is 0.394 e. The standard InChI is InChI=1S/C20H25N5O3/c1-14-3-5-16(6-4-14)25-11-15(9-21-25)10-23-7-8-24-17(12-23)19(27)22(2)18(13-26)20(24)28/h3-6,9,11,17-18,26H,7-8,10,12-13H2,1-2H3/t17-,18+/m1/s1. The number of amides is 2. The van der Waals surface area contributed by atoms with Crippen LogP contribution in [0, 0.1) is 6.92 Å². The molecule has 8 nitrogen and oxygen atoms in total. The van der Waals surface area contributed by atoms with Gasteiger partial charge in [-0.1, -0.05) is 17.7 Å². The van der Waals surface area contributed by atoms with Gasteiger partial charge in [-0.05, 0) is 19.1 Å². The van der Waals surface area contributed by atoms with E-state index in [1.54, 1.807) is 11.9 Å². The third-order valence-corrected chi connectivity index (χ3v) is 5.65. The van der Waals surface area contributed by atoms with Crippen molar-refractivity contribution in [1.82, 2.24) is 24.5 Å². The molecule has 0 spiro atoms. The van der Waals surface area contributed by atoms with E-state index in [9.17, 15) is 14.7 Å². The molecule has 2 amide bonds. The van der Waals surface area contributed by atoms with Crippen molar-refractivity contribution >= 4 is 11.8 Å². The number of carbonyl (C=O) groups is 2. The summed E-state index contributed by atoms with van der Waals surface area (Å²) in [5.74, 6) is -0.278. The molecule has 0 unspecified atom stereocenters. The minimum Gasteiger partial charge on any atom is -0.394 e. The first kappa shape index (κ1) is 18.6. The first-order valence-corrected chi connectivity index (χ1v) is 9.49. The van der Waals surface area contributed by atoms with Crippen LogP contribution in [0.1, 0.15) is 11.1 Å². The summed E-state index contributed by atoms with van der Waals surface area (Å²) in [5.41, 5.74) is 3.27. The molecule has 2 saturated heterocycles. The summed E-state index contributed by atoms with van der Waals surface area (Å²) in [6, 6.07) is 6.93. The number of aliphatic hydroxyl groups is 1. The lowest BCUT2D eigenvalue weighted by Crippen LogP contribution is -2.69. The maximum Gasteiger partial charge on any atom is 0.248 e. The zero-order valence-corrected chi connectivity index (χ0v) is 16.2. The van der Waals surface area contributed by atoms with Crippen molar-refractivity contribution in [3.8, 4) is 5.69 Å². The summed E-state index contributed by atoms with van der Waals surface area (Å²) in [5, 5.41) is 13.9. The molecule has 2 aromatic rings. The van der Waals surface area contributed by atoms with E-state index >= 15 is 0 Å². The van der Waals surface area contributed by atoms with Crippen LogP contribution in [-0.2, 0) is 16.1 Å². The van der Waals surface area contributed by atoms with E-state index < -0.39 is 12.1 Å². The minimum atomic E-state index is -0.761. The lowest BCUT2D eigenvalue weighted by Gasteiger charge is -2.47. The Balaban J connectivity index is 1.44. The molecule has 2 fully saturated rings. The van der Waals surface area contributed by atoms with Gasteiger partial charge in [0.2, 0.25) is 11.8 Å². The topological polar surface area (TPSA) is 81.9 Å². The average molecular weight is 383 g/mol. The zero-order chi connectivity index (χ0) is 19.8. The third kappa shape index (κ3) is 3.29. The Morgan fingerprint density at radius 1 is 1.14 bits per heavy atom. The maximum atomic E-state index is 12.7. The molecule has 0 saturated carbocycles. The van der Waals surface area contributed by atoms with Crippen molar-refractivity contribution in [3.05, 3.63) is 47.8 Å². The Bertz CT molecular complexity index is 878. The van der Waals surface area contributed by atoms with Crippen LogP contribution in [0.15, 0.2) is 36.7 Å². The van der Waals surface area contributed by atoms with Gasteiger partial charge in [0, 0.05) is 45.0 Å². The van der Waals surface area contributed by atoms with Crippen molar-refractivity contribution in [2.75, 3.05) is 33.3 Å². The van der Waals surface area contributed by atoms with Crippen LogP contribution in [-0.4, -0.2) is 86.8 Å². The first-order chi connectivity index (χ1) is 13.5. The van der Waals surface area contributed by atoms with Crippen LogP contribution >= 0.6 is 0 Å².